The van der Waals surface area contributed by atoms with Crippen molar-refractivity contribution in [3.05, 3.63) is 34.3 Å². The minimum Gasteiger partial charge on any atom is -0.481 e. The number of primary amides is 1. The van der Waals surface area contributed by atoms with Crippen molar-refractivity contribution in [2.75, 3.05) is 0 Å². The van der Waals surface area contributed by atoms with E-state index in [0.29, 0.717) is 0 Å². The van der Waals surface area contributed by atoms with E-state index in [9.17, 15) is 19.8 Å². The zero-order valence-corrected chi connectivity index (χ0v) is 9.96. The Hall–Kier alpha value is -1.63. The molecule has 7 heteroatoms. The van der Waals surface area contributed by atoms with Gasteiger partial charge in [0.25, 0.3) is 0 Å². The largest absolute Gasteiger partial charge is 0.481 e. The smallest absolute Gasteiger partial charge is 0.307 e. The number of halogens is 1. The molecule has 1 aromatic carbocycles. The average Bonchev–Trinajstić information content (AvgIpc) is 2.26. The van der Waals surface area contributed by atoms with Crippen LogP contribution in [0.3, 0.4) is 0 Å². The van der Waals surface area contributed by atoms with E-state index in [1.54, 1.807) is 0 Å². The van der Waals surface area contributed by atoms with Gasteiger partial charge in [-0.1, -0.05) is 17.7 Å². The number of hydrogen-bond donors (Lipinski definition) is 4. The summed E-state index contributed by atoms with van der Waals surface area (Å²) in [6.45, 7) is 0. The molecule has 0 aliphatic rings. The second kappa shape index (κ2) is 5.81. The lowest BCUT2D eigenvalue weighted by molar-refractivity contribution is -0.136. The first-order valence-electron chi connectivity index (χ1n) is 4.98. The van der Waals surface area contributed by atoms with Crippen LogP contribution < -0.4 is 5.73 Å². The maximum atomic E-state index is 10.8. The third-order valence-corrected chi connectivity index (χ3v) is 2.59. The molecule has 18 heavy (non-hydrogen) atoms. The van der Waals surface area contributed by atoms with E-state index in [0.717, 1.165) is 0 Å². The SMILES string of the molecule is NC(=O)C(O)C(O)c1ccc(Cl)cc1CC(=O)O. The second-order valence-electron chi connectivity index (χ2n) is 3.71. The lowest BCUT2D eigenvalue weighted by Crippen LogP contribution is -2.34. The van der Waals surface area contributed by atoms with E-state index in [-0.39, 0.29) is 16.1 Å². The average molecular weight is 274 g/mol. The van der Waals surface area contributed by atoms with E-state index in [2.05, 4.69) is 0 Å². The van der Waals surface area contributed by atoms with Crippen LogP contribution in [0.1, 0.15) is 17.2 Å². The zero-order chi connectivity index (χ0) is 13.9. The topological polar surface area (TPSA) is 121 Å². The number of rotatable bonds is 5. The van der Waals surface area contributed by atoms with Gasteiger partial charge in [0, 0.05) is 5.02 Å². The number of carbonyl (C=O) groups excluding carboxylic acids is 1. The Bertz CT molecular complexity index is 477. The lowest BCUT2D eigenvalue weighted by Gasteiger charge is -2.18. The van der Waals surface area contributed by atoms with Crippen LogP contribution in [-0.2, 0) is 16.0 Å². The zero-order valence-electron chi connectivity index (χ0n) is 9.21. The van der Waals surface area contributed by atoms with E-state index in [1.165, 1.54) is 18.2 Å². The minimum absolute atomic E-state index is 0.105. The normalized spacial score (nSPS) is 13.9. The Morgan fingerprint density at radius 2 is 1.94 bits per heavy atom. The molecule has 2 unspecified atom stereocenters. The summed E-state index contributed by atoms with van der Waals surface area (Å²) in [6.07, 6.45) is -3.79. The highest BCUT2D eigenvalue weighted by molar-refractivity contribution is 6.30. The number of carboxylic acids is 1. The number of amides is 1. The number of aliphatic hydroxyl groups is 2. The van der Waals surface area contributed by atoms with Gasteiger partial charge >= 0.3 is 5.97 Å². The molecule has 0 spiro atoms. The van der Waals surface area contributed by atoms with Gasteiger partial charge in [0.15, 0.2) is 6.10 Å². The summed E-state index contributed by atoms with van der Waals surface area (Å²) in [5, 5.41) is 28.1. The summed E-state index contributed by atoms with van der Waals surface area (Å²) in [7, 11) is 0. The number of carbonyl (C=O) groups is 2. The van der Waals surface area contributed by atoms with E-state index in [4.69, 9.17) is 22.4 Å². The summed E-state index contributed by atoms with van der Waals surface area (Å²) in [6, 6.07) is 4.11. The molecule has 2 atom stereocenters. The summed E-state index contributed by atoms with van der Waals surface area (Å²) in [4.78, 5) is 21.5. The van der Waals surface area contributed by atoms with Crippen molar-refractivity contribution in [1.82, 2.24) is 0 Å². The van der Waals surface area contributed by atoms with Crippen LogP contribution >= 0.6 is 11.6 Å². The maximum Gasteiger partial charge on any atom is 0.307 e. The molecular formula is C11H12ClNO5. The van der Waals surface area contributed by atoms with Crippen molar-refractivity contribution in [3.8, 4) is 0 Å². The third-order valence-electron chi connectivity index (χ3n) is 2.36. The Morgan fingerprint density at radius 3 is 2.44 bits per heavy atom. The van der Waals surface area contributed by atoms with E-state index >= 15 is 0 Å². The number of carboxylic acid groups (broad SMARTS) is 1. The first-order valence-corrected chi connectivity index (χ1v) is 5.36. The van der Waals surface area contributed by atoms with E-state index in [1.807, 2.05) is 0 Å². The van der Waals surface area contributed by atoms with Crippen LogP contribution in [0.4, 0.5) is 0 Å². The van der Waals surface area contributed by atoms with Gasteiger partial charge < -0.3 is 21.1 Å². The molecule has 0 heterocycles. The molecule has 5 N–H and O–H groups in total. The molecule has 0 saturated carbocycles. The van der Waals surface area contributed by atoms with Gasteiger partial charge in [0.2, 0.25) is 5.91 Å². The molecule has 0 bridgehead atoms. The first kappa shape index (κ1) is 14.4. The highest BCUT2D eigenvalue weighted by Crippen LogP contribution is 2.25. The van der Waals surface area contributed by atoms with Gasteiger partial charge in [-0.05, 0) is 23.3 Å². The Balaban J connectivity index is 3.14. The predicted molar refractivity (Wildman–Crippen MR) is 63.0 cm³/mol. The highest BCUT2D eigenvalue weighted by Gasteiger charge is 2.26. The Labute approximate surface area is 108 Å². The number of nitrogens with two attached hydrogens (primary N) is 1. The summed E-state index contributed by atoms with van der Waals surface area (Å²) >= 11 is 5.72. The molecule has 0 radical (unpaired) electrons. The highest BCUT2D eigenvalue weighted by atomic mass is 35.5. The van der Waals surface area contributed by atoms with Gasteiger partial charge in [-0.3, -0.25) is 9.59 Å². The number of aliphatic carboxylic acids is 1. The standard InChI is InChI=1S/C11H12ClNO5/c12-6-1-2-7(5(3-6)4-8(14)15)9(16)10(17)11(13)18/h1-3,9-10,16-17H,4H2,(H2,13,18)(H,14,15). The summed E-state index contributed by atoms with van der Waals surface area (Å²) in [5.74, 6) is -2.22. The molecule has 1 rings (SSSR count). The molecule has 1 amide bonds. The van der Waals surface area contributed by atoms with Crippen molar-refractivity contribution in [2.24, 2.45) is 5.73 Å². The van der Waals surface area contributed by atoms with Crippen molar-refractivity contribution < 1.29 is 24.9 Å². The number of aliphatic hydroxyl groups excluding tert-OH is 2. The van der Waals surface area contributed by atoms with Crippen LogP contribution in [0.25, 0.3) is 0 Å². The predicted octanol–water partition coefficient (Wildman–Crippen LogP) is -0.153. The van der Waals surface area contributed by atoms with Crippen molar-refractivity contribution in [1.29, 1.82) is 0 Å². The molecule has 0 fully saturated rings. The number of hydrogen-bond acceptors (Lipinski definition) is 4. The first-order chi connectivity index (χ1) is 8.32. The molecule has 0 saturated heterocycles. The second-order valence-corrected chi connectivity index (χ2v) is 4.14. The third kappa shape index (κ3) is 3.43. The summed E-state index contributed by atoms with van der Waals surface area (Å²) in [5.41, 5.74) is 5.18. The molecule has 6 nitrogen and oxygen atoms in total. The lowest BCUT2D eigenvalue weighted by atomic mass is 9.96. The van der Waals surface area contributed by atoms with E-state index < -0.39 is 30.5 Å². The van der Waals surface area contributed by atoms with Crippen LogP contribution in [0, 0.1) is 0 Å². The van der Waals surface area contributed by atoms with Crippen LogP contribution in [0.2, 0.25) is 5.02 Å². The fraction of sp³-hybridized carbons (Fsp3) is 0.273. The molecule has 1 aromatic rings. The number of benzene rings is 1. The molecule has 98 valence electrons. The van der Waals surface area contributed by atoms with Crippen molar-refractivity contribution in [2.45, 2.75) is 18.6 Å². The van der Waals surface area contributed by atoms with Gasteiger partial charge in [0.1, 0.15) is 6.10 Å². The molecular weight excluding hydrogens is 262 g/mol. The van der Waals surface area contributed by atoms with Gasteiger partial charge in [-0.15, -0.1) is 0 Å². The molecule has 0 aromatic heterocycles. The Kier molecular flexibility index (Phi) is 4.66. The summed E-state index contributed by atoms with van der Waals surface area (Å²) < 4.78 is 0. The quantitative estimate of drug-likeness (QED) is 0.594. The monoisotopic (exact) mass is 273 g/mol. The Morgan fingerprint density at radius 1 is 1.33 bits per heavy atom. The van der Waals surface area contributed by atoms with Crippen molar-refractivity contribution in [3.63, 3.8) is 0 Å². The van der Waals surface area contributed by atoms with Crippen LogP contribution in [-0.4, -0.2) is 33.3 Å². The van der Waals surface area contributed by atoms with Gasteiger partial charge in [-0.2, -0.15) is 0 Å². The fourth-order valence-electron chi connectivity index (χ4n) is 1.50. The van der Waals surface area contributed by atoms with Crippen molar-refractivity contribution >= 4 is 23.5 Å². The van der Waals surface area contributed by atoms with Crippen LogP contribution in [0.15, 0.2) is 18.2 Å². The van der Waals surface area contributed by atoms with Crippen LogP contribution in [0.5, 0.6) is 0 Å². The van der Waals surface area contributed by atoms with Gasteiger partial charge in [-0.25, -0.2) is 0 Å². The van der Waals surface area contributed by atoms with Gasteiger partial charge in [0.05, 0.1) is 6.42 Å². The fourth-order valence-corrected chi connectivity index (χ4v) is 1.70. The molecule has 0 aliphatic carbocycles. The maximum absolute atomic E-state index is 10.8. The minimum atomic E-state index is -1.81. The molecule has 0 aliphatic heterocycles.